The number of anilines is 2. The van der Waals surface area contributed by atoms with Gasteiger partial charge in [0.1, 0.15) is 5.69 Å². The van der Waals surface area contributed by atoms with Gasteiger partial charge in [0.25, 0.3) is 0 Å². The summed E-state index contributed by atoms with van der Waals surface area (Å²) in [6, 6.07) is 7.65. The summed E-state index contributed by atoms with van der Waals surface area (Å²) in [6.45, 7) is 2.23. The van der Waals surface area contributed by atoms with E-state index in [9.17, 15) is 9.59 Å². The largest absolute Gasteiger partial charge is 0.346 e. The van der Waals surface area contributed by atoms with Crippen LogP contribution in [0.1, 0.15) is 21.6 Å². The van der Waals surface area contributed by atoms with Gasteiger partial charge in [-0.2, -0.15) is 0 Å². The van der Waals surface area contributed by atoms with Crippen molar-refractivity contribution >= 4 is 23.1 Å². The minimum atomic E-state index is -0.0345. The fraction of sp³-hybridized carbons (Fsp3) is 0.333. The average Bonchev–Trinajstić information content (AvgIpc) is 2.67. The number of para-hydroxylation sites is 1. The molecule has 120 valence electrons. The summed E-state index contributed by atoms with van der Waals surface area (Å²) in [7, 11) is 5.59. The van der Waals surface area contributed by atoms with E-state index in [4.69, 9.17) is 0 Å². The van der Waals surface area contributed by atoms with E-state index in [1.54, 1.807) is 4.90 Å². The zero-order valence-corrected chi connectivity index (χ0v) is 14.0. The number of aromatic nitrogens is 1. The normalized spacial score (nSPS) is 13.8. The number of rotatable bonds is 2. The molecular weight excluding hydrogens is 290 g/mol. The fourth-order valence-electron chi connectivity index (χ4n) is 3.24. The number of amides is 1. The lowest BCUT2D eigenvalue weighted by atomic mass is 10.1. The number of likely N-dealkylation sites (N-methyl/N-ethyl adjacent to an activating group) is 1. The minimum Gasteiger partial charge on any atom is -0.346 e. The van der Waals surface area contributed by atoms with Crippen LogP contribution in [0.3, 0.4) is 0 Å². The predicted molar refractivity (Wildman–Crippen MR) is 90.3 cm³/mol. The number of carbonyl (C=O) groups is 2. The molecule has 1 aromatic carbocycles. The fourth-order valence-corrected chi connectivity index (χ4v) is 3.24. The summed E-state index contributed by atoms with van der Waals surface area (Å²) >= 11 is 0. The third kappa shape index (κ3) is 2.57. The molecule has 1 aliphatic rings. The molecule has 23 heavy (non-hydrogen) atoms. The second-order valence-electron chi connectivity index (χ2n) is 6.32. The standard InChI is InChI=1S/C18H21N3O2/c1-12-10-20(4)18-15(22)9-13-7-5-6-8-14(13)21(17(12)18)16(23)11-19(2)3/h5-8,10H,9,11H2,1-4H3. The van der Waals surface area contributed by atoms with E-state index in [0.29, 0.717) is 17.8 Å². The summed E-state index contributed by atoms with van der Waals surface area (Å²) in [5, 5.41) is 0. The first-order valence-electron chi connectivity index (χ1n) is 7.65. The Morgan fingerprint density at radius 2 is 1.96 bits per heavy atom. The van der Waals surface area contributed by atoms with Crippen LogP contribution in [-0.2, 0) is 18.3 Å². The number of aryl methyl sites for hydroxylation is 2. The maximum Gasteiger partial charge on any atom is 0.245 e. The third-order valence-corrected chi connectivity index (χ3v) is 4.11. The summed E-state index contributed by atoms with van der Waals surface area (Å²) < 4.78 is 1.83. The number of ketones is 1. The van der Waals surface area contributed by atoms with Gasteiger partial charge in [0.15, 0.2) is 5.78 Å². The van der Waals surface area contributed by atoms with E-state index < -0.39 is 0 Å². The van der Waals surface area contributed by atoms with Gasteiger partial charge in [-0.15, -0.1) is 0 Å². The van der Waals surface area contributed by atoms with Crippen molar-refractivity contribution in [2.45, 2.75) is 13.3 Å². The molecule has 0 atom stereocenters. The third-order valence-electron chi connectivity index (χ3n) is 4.11. The van der Waals surface area contributed by atoms with Gasteiger partial charge in [-0.3, -0.25) is 14.5 Å². The van der Waals surface area contributed by atoms with Crippen molar-refractivity contribution in [3.8, 4) is 0 Å². The molecular formula is C18H21N3O2. The molecule has 3 rings (SSSR count). The number of fused-ring (bicyclic) bond motifs is 2. The zero-order valence-electron chi connectivity index (χ0n) is 14.0. The van der Waals surface area contributed by atoms with E-state index in [1.807, 2.05) is 68.0 Å². The lowest BCUT2D eigenvalue weighted by Crippen LogP contribution is -2.35. The van der Waals surface area contributed by atoms with Crippen molar-refractivity contribution in [1.29, 1.82) is 0 Å². The number of nitrogens with zero attached hydrogens (tertiary/aromatic N) is 3. The first kappa shape index (κ1) is 15.5. The van der Waals surface area contributed by atoms with Crippen LogP contribution in [0.25, 0.3) is 0 Å². The van der Waals surface area contributed by atoms with Crippen LogP contribution in [0.2, 0.25) is 0 Å². The van der Waals surface area contributed by atoms with Crippen molar-refractivity contribution in [3.63, 3.8) is 0 Å². The number of Topliss-reactive ketones (excluding diaryl/α,β-unsaturated/α-hetero) is 1. The molecule has 0 radical (unpaired) electrons. The molecule has 1 aromatic heterocycles. The number of hydrogen-bond donors (Lipinski definition) is 0. The average molecular weight is 311 g/mol. The Balaban J connectivity index is 2.26. The summed E-state index contributed by atoms with van der Waals surface area (Å²) in [5.41, 5.74) is 3.95. The van der Waals surface area contributed by atoms with Gasteiger partial charge in [-0.25, -0.2) is 0 Å². The Labute approximate surface area is 136 Å². The Morgan fingerprint density at radius 1 is 1.26 bits per heavy atom. The first-order chi connectivity index (χ1) is 10.9. The molecule has 5 nitrogen and oxygen atoms in total. The van der Waals surface area contributed by atoms with Gasteiger partial charge in [-0.1, -0.05) is 18.2 Å². The van der Waals surface area contributed by atoms with Gasteiger partial charge in [0.05, 0.1) is 17.9 Å². The van der Waals surface area contributed by atoms with Gasteiger partial charge >= 0.3 is 0 Å². The minimum absolute atomic E-state index is 0.0345. The summed E-state index contributed by atoms with van der Waals surface area (Å²) in [6.07, 6.45) is 2.22. The molecule has 1 amide bonds. The van der Waals surface area contributed by atoms with Crippen LogP contribution < -0.4 is 4.90 Å². The highest BCUT2D eigenvalue weighted by Crippen LogP contribution is 2.38. The smallest absolute Gasteiger partial charge is 0.245 e. The molecule has 0 N–H and O–H groups in total. The van der Waals surface area contributed by atoms with Crippen molar-refractivity contribution in [2.75, 3.05) is 25.5 Å². The topological polar surface area (TPSA) is 45.6 Å². The molecule has 0 saturated carbocycles. The monoisotopic (exact) mass is 311 g/mol. The maximum atomic E-state index is 12.9. The van der Waals surface area contributed by atoms with Crippen molar-refractivity contribution in [1.82, 2.24) is 9.47 Å². The van der Waals surface area contributed by atoms with Crippen molar-refractivity contribution in [2.24, 2.45) is 7.05 Å². The lowest BCUT2D eigenvalue weighted by Gasteiger charge is -2.25. The predicted octanol–water partition coefficient (Wildman–Crippen LogP) is 2.30. The Kier molecular flexibility index (Phi) is 3.82. The quantitative estimate of drug-likeness (QED) is 0.855. The van der Waals surface area contributed by atoms with Crippen LogP contribution in [0.5, 0.6) is 0 Å². The van der Waals surface area contributed by atoms with Crippen LogP contribution in [0.15, 0.2) is 30.5 Å². The number of carbonyl (C=O) groups excluding carboxylic acids is 2. The molecule has 0 spiro atoms. The SMILES string of the molecule is Cc1cn(C)c2c1N(C(=O)CN(C)C)c1ccccc1CC2=O. The Morgan fingerprint density at radius 3 is 2.65 bits per heavy atom. The maximum absolute atomic E-state index is 12.9. The van der Waals surface area contributed by atoms with Gasteiger partial charge in [-0.05, 0) is 38.2 Å². The van der Waals surface area contributed by atoms with Crippen LogP contribution in [-0.4, -0.2) is 41.8 Å². The zero-order chi connectivity index (χ0) is 16.7. The van der Waals surface area contributed by atoms with E-state index in [0.717, 1.165) is 16.8 Å². The lowest BCUT2D eigenvalue weighted by molar-refractivity contribution is -0.118. The number of benzene rings is 1. The highest BCUT2D eigenvalue weighted by atomic mass is 16.2. The van der Waals surface area contributed by atoms with Crippen LogP contribution in [0, 0.1) is 6.92 Å². The van der Waals surface area contributed by atoms with Crippen molar-refractivity contribution in [3.05, 3.63) is 47.3 Å². The Hall–Kier alpha value is -2.40. The molecule has 2 heterocycles. The molecule has 5 heteroatoms. The molecule has 2 aromatic rings. The van der Waals surface area contributed by atoms with E-state index in [-0.39, 0.29) is 18.2 Å². The molecule has 0 aliphatic carbocycles. The van der Waals surface area contributed by atoms with Crippen LogP contribution in [0.4, 0.5) is 11.4 Å². The van der Waals surface area contributed by atoms with E-state index in [2.05, 4.69) is 0 Å². The highest BCUT2D eigenvalue weighted by Gasteiger charge is 2.32. The van der Waals surface area contributed by atoms with Crippen LogP contribution >= 0.6 is 0 Å². The van der Waals surface area contributed by atoms with Gasteiger partial charge < -0.3 is 9.47 Å². The van der Waals surface area contributed by atoms with E-state index >= 15 is 0 Å². The van der Waals surface area contributed by atoms with Gasteiger partial charge in [0, 0.05) is 19.7 Å². The van der Waals surface area contributed by atoms with Gasteiger partial charge in [0.2, 0.25) is 5.91 Å². The summed E-state index contributed by atoms with van der Waals surface area (Å²) in [4.78, 5) is 29.2. The highest BCUT2D eigenvalue weighted by molar-refractivity contribution is 6.13. The summed E-state index contributed by atoms with van der Waals surface area (Å²) in [5.74, 6) is 0.0101. The molecule has 0 saturated heterocycles. The number of hydrogen-bond acceptors (Lipinski definition) is 3. The second kappa shape index (κ2) is 5.66. The molecule has 0 fully saturated rings. The molecule has 1 aliphatic heterocycles. The molecule has 0 bridgehead atoms. The second-order valence-corrected chi connectivity index (χ2v) is 6.32. The molecule has 0 unspecified atom stereocenters. The van der Waals surface area contributed by atoms with E-state index in [1.165, 1.54) is 0 Å². The van der Waals surface area contributed by atoms with Crippen molar-refractivity contribution < 1.29 is 9.59 Å². The Bertz CT molecular complexity index is 790. The first-order valence-corrected chi connectivity index (χ1v) is 7.65.